The third-order valence-corrected chi connectivity index (χ3v) is 12.2. The third-order valence-electron chi connectivity index (χ3n) is 5.23. The van der Waals surface area contributed by atoms with E-state index in [0.29, 0.717) is 31.8 Å². The van der Waals surface area contributed by atoms with Crippen LogP contribution in [-0.4, -0.2) is 97.1 Å². The van der Waals surface area contributed by atoms with E-state index in [9.17, 15) is 14.4 Å². The number of carbonyl (C=O) groups is 3. The number of Topliss-reactive ketones (excluding diaryl/α,β-unsaturated/α-hetero) is 1. The summed E-state index contributed by atoms with van der Waals surface area (Å²) in [5.41, 5.74) is -0.407. The molecule has 0 heterocycles. The summed E-state index contributed by atoms with van der Waals surface area (Å²) in [5, 5.41) is 6.06. The molecular weight excluding hydrogens is 609 g/mol. The van der Waals surface area contributed by atoms with E-state index in [0.717, 1.165) is 19.5 Å². The quantitative estimate of drug-likeness (QED) is 0.283. The second kappa shape index (κ2) is 13.6. The van der Waals surface area contributed by atoms with Crippen LogP contribution in [0.2, 0.25) is 16.9 Å². The molecule has 0 atom stereocenters. The van der Waals surface area contributed by atoms with E-state index in [1.807, 2.05) is 34.6 Å². The van der Waals surface area contributed by atoms with Crippen molar-refractivity contribution in [3.8, 4) is 0 Å². The van der Waals surface area contributed by atoms with Crippen LogP contribution in [0.1, 0.15) is 61.3 Å². The Balaban J connectivity index is 4.70. The van der Waals surface area contributed by atoms with Gasteiger partial charge >= 0.3 is 206 Å². The summed E-state index contributed by atoms with van der Waals surface area (Å²) in [5.74, 6) is 0.517. The Hall–Kier alpha value is 0.149. The molecule has 0 aromatic carbocycles. The monoisotopic (exact) mass is 657 g/mol. The van der Waals surface area contributed by atoms with Crippen molar-refractivity contribution in [2.75, 3.05) is 32.7 Å². The van der Waals surface area contributed by atoms with Gasteiger partial charge in [0.2, 0.25) is 0 Å². The van der Waals surface area contributed by atoms with Crippen molar-refractivity contribution in [3.05, 3.63) is 0 Å². The normalized spacial score (nSPS) is 12.7. The molecule has 0 aromatic rings. The Labute approximate surface area is 204 Å². The summed E-state index contributed by atoms with van der Waals surface area (Å²) in [7, 11) is 0. The van der Waals surface area contributed by atoms with Gasteiger partial charge in [-0.15, -0.1) is 0 Å². The number of nitrogens with one attached hydrogen (secondary N) is 2. The van der Waals surface area contributed by atoms with Crippen LogP contribution in [0.15, 0.2) is 0 Å². The van der Waals surface area contributed by atoms with Gasteiger partial charge in [-0.3, -0.25) is 0 Å². The number of nitrogens with zero attached hydrogens (tertiary/aromatic N) is 1. The van der Waals surface area contributed by atoms with Crippen LogP contribution in [0.4, 0.5) is 0 Å². The molecule has 0 spiro atoms. The number of hydrogen-bond acceptors (Lipinski definition) is 4. The van der Waals surface area contributed by atoms with Crippen molar-refractivity contribution in [2.45, 2.75) is 78.2 Å². The van der Waals surface area contributed by atoms with Crippen LogP contribution in [0.5, 0.6) is 0 Å². The molecule has 0 aliphatic heterocycles. The van der Waals surface area contributed by atoms with Crippen LogP contribution >= 0.6 is 0 Å². The average Bonchev–Trinajstić information content (AvgIpc) is 2.66. The molecular formula is C22H43N3O3Te2. The summed E-state index contributed by atoms with van der Waals surface area (Å²) in [6, 6.07) is 0. The molecule has 0 unspecified atom stereocenters. The molecule has 0 aliphatic carbocycles. The van der Waals surface area contributed by atoms with E-state index in [2.05, 4.69) is 39.3 Å². The van der Waals surface area contributed by atoms with Gasteiger partial charge in [0, 0.05) is 0 Å². The van der Waals surface area contributed by atoms with E-state index in [-0.39, 0.29) is 60.6 Å². The van der Waals surface area contributed by atoms with Gasteiger partial charge in [0.1, 0.15) is 0 Å². The molecule has 0 fully saturated rings. The molecule has 2 N–H and O–H groups in total. The van der Waals surface area contributed by atoms with Gasteiger partial charge in [-0.25, -0.2) is 0 Å². The molecule has 2 amide bonds. The molecule has 0 aliphatic rings. The van der Waals surface area contributed by atoms with Crippen molar-refractivity contribution in [1.82, 2.24) is 15.5 Å². The standard InChI is InChI=1S/C22H43N3O3Te2/c1-20(2,3)18(27)23-12-15-25(14-10-11-17(26)21(4,5)29-8)16-13-24-19(28)22(6,7)30-9/h10-16H2,1-9H3,(H,23,27)(H,24,28). The predicted octanol–water partition coefficient (Wildman–Crippen LogP) is 2.82. The Kier molecular flexibility index (Phi) is 13.7. The first kappa shape index (κ1) is 30.1. The van der Waals surface area contributed by atoms with Gasteiger partial charge in [-0.05, 0) is 0 Å². The Morgan fingerprint density at radius 1 is 0.733 bits per heavy atom. The predicted molar refractivity (Wildman–Crippen MR) is 127 cm³/mol. The SMILES string of the molecule is C[Te]C(C)(C)C(=O)CCCN(CCNC(=O)C(C)(C)C)CCNC(=O)C(C)(C)[Te]C. The Morgan fingerprint density at radius 3 is 1.63 bits per heavy atom. The number of hydrogen-bond donors (Lipinski definition) is 2. The van der Waals surface area contributed by atoms with Crippen molar-refractivity contribution in [2.24, 2.45) is 5.41 Å². The molecule has 0 saturated heterocycles. The molecule has 8 heteroatoms. The molecule has 0 bridgehead atoms. The first-order valence-corrected chi connectivity index (χ1v) is 17.6. The Bertz CT molecular complexity index is 538. The van der Waals surface area contributed by atoms with Crippen LogP contribution < -0.4 is 10.6 Å². The van der Waals surface area contributed by atoms with Crippen molar-refractivity contribution < 1.29 is 14.4 Å². The fraction of sp³-hybridized carbons (Fsp3) is 0.864. The molecule has 0 radical (unpaired) electrons. The summed E-state index contributed by atoms with van der Waals surface area (Å²) < 4.78 is -0.377. The Morgan fingerprint density at radius 2 is 1.20 bits per heavy atom. The van der Waals surface area contributed by atoms with Gasteiger partial charge in [-0.2, -0.15) is 0 Å². The van der Waals surface area contributed by atoms with Crippen molar-refractivity contribution >= 4 is 59.4 Å². The fourth-order valence-corrected chi connectivity index (χ4v) is 4.12. The maximum absolute atomic E-state index is 12.4. The van der Waals surface area contributed by atoms with Crippen LogP contribution in [0, 0.1) is 5.41 Å². The first-order valence-electron chi connectivity index (χ1n) is 10.6. The average molecular weight is 653 g/mol. The number of rotatable bonds is 14. The zero-order chi connectivity index (χ0) is 23.6. The zero-order valence-electron chi connectivity index (χ0n) is 20.4. The fourth-order valence-electron chi connectivity index (χ4n) is 2.44. The topological polar surface area (TPSA) is 78.5 Å². The van der Waals surface area contributed by atoms with E-state index in [1.165, 1.54) is 0 Å². The molecule has 0 aromatic heterocycles. The summed E-state index contributed by atoms with van der Waals surface area (Å²) in [6.07, 6.45) is 1.40. The van der Waals surface area contributed by atoms with Crippen LogP contribution in [-0.2, 0) is 14.4 Å². The van der Waals surface area contributed by atoms with Crippen molar-refractivity contribution in [1.29, 1.82) is 0 Å². The van der Waals surface area contributed by atoms with E-state index in [4.69, 9.17) is 0 Å². The molecule has 0 rings (SSSR count). The van der Waals surface area contributed by atoms with E-state index in [1.54, 1.807) is 0 Å². The molecule has 0 saturated carbocycles. The first-order chi connectivity index (χ1) is 13.7. The number of carbonyl (C=O) groups excluding carboxylic acids is 3. The van der Waals surface area contributed by atoms with Gasteiger partial charge < -0.3 is 0 Å². The third kappa shape index (κ3) is 11.7. The van der Waals surface area contributed by atoms with Crippen LogP contribution in [0.25, 0.3) is 0 Å². The molecule has 176 valence electrons. The second-order valence-corrected chi connectivity index (χ2v) is 17.7. The molecule has 6 nitrogen and oxygen atoms in total. The van der Waals surface area contributed by atoms with Crippen LogP contribution in [0.3, 0.4) is 0 Å². The van der Waals surface area contributed by atoms with Gasteiger partial charge in [-0.1, -0.05) is 0 Å². The number of amides is 2. The summed E-state index contributed by atoms with van der Waals surface area (Å²) >= 11 is -0.660. The van der Waals surface area contributed by atoms with E-state index >= 15 is 0 Å². The number of ketones is 1. The van der Waals surface area contributed by atoms with E-state index < -0.39 is 5.41 Å². The summed E-state index contributed by atoms with van der Waals surface area (Å²) in [6.45, 7) is 17.2. The van der Waals surface area contributed by atoms with Gasteiger partial charge in [0.05, 0.1) is 0 Å². The summed E-state index contributed by atoms with van der Waals surface area (Å²) in [4.78, 5) is 43.5. The zero-order valence-corrected chi connectivity index (χ0v) is 25.1. The van der Waals surface area contributed by atoms with Crippen molar-refractivity contribution in [3.63, 3.8) is 0 Å². The molecule has 30 heavy (non-hydrogen) atoms. The minimum atomic E-state index is -0.407. The minimum absolute atomic E-state index is 0.0367. The second-order valence-electron chi connectivity index (χ2n) is 9.56. The maximum atomic E-state index is 12.4. The van der Waals surface area contributed by atoms with Gasteiger partial charge in [0.15, 0.2) is 0 Å². The van der Waals surface area contributed by atoms with Gasteiger partial charge in [0.25, 0.3) is 0 Å².